The molecule has 1 heterocycles. The van der Waals surface area contributed by atoms with Crippen molar-refractivity contribution in [2.24, 2.45) is 5.73 Å². The lowest BCUT2D eigenvalue weighted by Gasteiger charge is -2.28. The summed E-state index contributed by atoms with van der Waals surface area (Å²) < 4.78 is 0. The summed E-state index contributed by atoms with van der Waals surface area (Å²) in [6.45, 7) is 3.25. The summed E-state index contributed by atoms with van der Waals surface area (Å²) in [5.74, 6) is 0. The van der Waals surface area contributed by atoms with Gasteiger partial charge in [0, 0.05) is 33.6 Å². The van der Waals surface area contributed by atoms with E-state index in [1.165, 1.54) is 4.88 Å². The Morgan fingerprint density at radius 2 is 2.00 bits per heavy atom. The quantitative estimate of drug-likeness (QED) is 0.904. The average molecular weight is 330 g/mol. The van der Waals surface area contributed by atoms with Crippen LogP contribution < -0.4 is 5.73 Å². The molecule has 20 heavy (non-hydrogen) atoms. The lowest BCUT2D eigenvalue weighted by atomic mass is 10.1. The van der Waals surface area contributed by atoms with Gasteiger partial charge in [-0.1, -0.05) is 29.3 Å². The molecule has 2 aromatic rings. The highest BCUT2D eigenvalue weighted by Gasteiger charge is 2.22. The summed E-state index contributed by atoms with van der Waals surface area (Å²) in [6, 6.07) is 5.52. The number of benzene rings is 1. The first kappa shape index (κ1) is 15.7. The molecule has 0 aliphatic heterocycles. The van der Waals surface area contributed by atoms with Gasteiger partial charge in [-0.05, 0) is 26.1 Å². The second-order valence-corrected chi connectivity index (χ2v) is 6.42. The Morgan fingerprint density at radius 3 is 2.50 bits per heavy atom. The van der Waals surface area contributed by atoms with Crippen molar-refractivity contribution in [2.75, 3.05) is 13.6 Å². The first-order chi connectivity index (χ1) is 9.54. The molecule has 1 unspecified atom stereocenters. The normalized spacial score (nSPS) is 12.9. The topological polar surface area (TPSA) is 42.2 Å². The van der Waals surface area contributed by atoms with Crippen molar-refractivity contribution in [3.05, 3.63) is 49.9 Å². The number of thiazole rings is 1. The fourth-order valence-electron chi connectivity index (χ4n) is 2.16. The van der Waals surface area contributed by atoms with Gasteiger partial charge in [-0.3, -0.25) is 4.90 Å². The molecule has 0 bridgehead atoms. The minimum absolute atomic E-state index is 0.0160. The highest BCUT2D eigenvalue weighted by atomic mass is 35.5. The van der Waals surface area contributed by atoms with E-state index < -0.39 is 0 Å². The predicted molar refractivity (Wildman–Crippen MR) is 86.6 cm³/mol. The molecule has 1 aromatic heterocycles. The molecule has 0 saturated carbocycles. The summed E-state index contributed by atoms with van der Waals surface area (Å²) in [5, 5.41) is 1.31. The van der Waals surface area contributed by atoms with Gasteiger partial charge in [0.15, 0.2) is 0 Å². The van der Waals surface area contributed by atoms with Crippen molar-refractivity contribution in [2.45, 2.75) is 19.5 Å². The number of hydrogen-bond acceptors (Lipinski definition) is 4. The maximum absolute atomic E-state index is 6.28. The van der Waals surface area contributed by atoms with Gasteiger partial charge in [-0.25, -0.2) is 4.98 Å². The van der Waals surface area contributed by atoms with Gasteiger partial charge < -0.3 is 5.73 Å². The van der Waals surface area contributed by atoms with Crippen molar-refractivity contribution in [3.63, 3.8) is 0 Å². The average Bonchev–Trinajstić information content (AvgIpc) is 2.79. The second-order valence-electron chi connectivity index (χ2n) is 4.66. The molecule has 0 aliphatic carbocycles. The minimum atomic E-state index is -0.0160. The number of aromatic nitrogens is 1. The summed E-state index contributed by atoms with van der Waals surface area (Å²) in [7, 11) is 2.02. The third kappa shape index (κ3) is 3.32. The van der Waals surface area contributed by atoms with Crippen LogP contribution in [-0.2, 0) is 6.54 Å². The summed E-state index contributed by atoms with van der Waals surface area (Å²) in [6.07, 6.45) is 0. The smallest absolute Gasteiger partial charge is 0.0798 e. The van der Waals surface area contributed by atoms with E-state index in [2.05, 4.69) is 9.88 Å². The van der Waals surface area contributed by atoms with Crippen LogP contribution in [0.2, 0.25) is 10.0 Å². The molecular weight excluding hydrogens is 313 g/mol. The van der Waals surface area contributed by atoms with Crippen LogP contribution >= 0.6 is 34.5 Å². The number of nitrogens with zero attached hydrogens (tertiary/aromatic N) is 2. The van der Waals surface area contributed by atoms with Crippen LogP contribution in [0.15, 0.2) is 23.7 Å². The third-order valence-corrected chi connectivity index (χ3v) is 4.91. The van der Waals surface area contributed by atoms with Gasteiger partial charge in [0.05, 0.1) is 17.2 Å². The molecule has 0 amide bonds. The zero-order chi connectivity index (χ0) is 14.7. The van der Waals surface area contributed by atoms with Gasteiger partial charge in [-0.2, -0.15) is 0 Å². The predicted octanol–water partition coefficient (Wildman–Crippen LogP) is 3.89. The van der Waals surface area contributed by atoms with Crippen molar-refractivity contribution >= 4 is 34.5 Å². The first-order valence-corrected chi connectivity index (χ1v) is 7.91. The second kappa shape index (κ2) is 6.87. The van der Waals surface area contributed by atoms with Gasteiger partial charge in [0.25, 0.3) is 0 Å². The largest absolute Gasteiger partial charge is 0.329 e. The molecule has 2 N–H and O–H groups in total. The van der Waals surface area contributed by atoms with Crippen LogP contribution in [0.1, 0.15) is 22.2 Å². The van der Waals surface area contributed by atoms with Crippen molar-refractivity contribution < 1.29 is 0 Å². The lowest BCUT2D eigenvalue weighted by molar-refractivity contribution is 0.243. The standard InChI is InChI=1S/C14H17Cl2N3S/c1-9-13(20-8-18-9)7-19(2)12(6-17)14-10(15)4-3-5-11(14)16/h3-5,8,12H,6-7,17H2,1-2H3. The number of rotatable bonds is 5. The number of aryl methyl sites for hydroxylation is 1. The van der Waals surface area contributed by atoms with Crippen LogP contribution in [0.4, 0.5) is 0 Å². The molecule has 0 aliphatic rings. The molecule has 1 aromatic carbocycles. The molecule has 0 radical (unpaired) electrons. The Morgan fingerprint density at radius 1 is 1.35 bits per heavy atom. The third-order valence-electron chi connectivity index (χ3n) is 3.33. The number of likely N-dealkylation sites (N-methyl/N-ethyl adjacent to an activating group) is 1. The molecule has 1 atom stereocenters. The Balaban J connectivity index is 2.26. The van der Waals surface area contributed by atoms with E-state index in [4.69, 9.17) is 28.9 Å². The zero-order valence-corrected chi connectivity index (χ0v) is 13.8. The molecule has 3 nitrogen and oxygen atoms in total. The molecular formula is C14H17Cl2N3S. The number of nitrogens with two attached hydrogens (primary N) is 1. The van der Waals surface area contributed by atoms with E-state index in [1.807, 2.05) is 37.7 Å². The molecule has 108 valence electrons. The summed E-state index contributed by atoms with van der Waals surface area (Å²) in [5.41, 5.74) is 9.75. The van der Waals surface area contributed by atoms with E-state index in [1.54, 1.807) is 11.3 Å². The van der Waals surface area contributed by atoms with E-state index >= 15 is 0 Å². The van der Waals surface area contributed by atoms with E-state index in [0.29, 0.717) is 16.6 Å². The van der Waals surface area contributed by atoms with Crippen LogP contribution in [0.25, 0.3) is 0 Å². The fraction of sp³-hybridized carbons (Fsp3) is 0.357. The van der Waals surface area contributed by atoms with Crippen molar-refractivity contribution in [3.8, 4) is 0 Å². The van der Waals surface area contributed by atoms with Crippen molar-refractivity contribution in [1.29, 1.82) is 0 Å². The zero-order valence-electron chi connectivity index (χ0n) is 11.4. The molecule has 6 heteroatoms. The van der Waals surface area contributed by atoms with Gasteiger partial charge in [0.1, 0.15) is 0 Å². The van der Waals surface area contributed by atoms with Gasteiger partial charge in [0.2, 0.25) is 0 Å². The highest BCUT2D eigenvalue weighted by Crippen LogP contribution is 2.33. The van der Waals surface area contributed by atoms with Crippen LogP contribution in [0.3, 0.4) is 0 Å². The molecule has 0 fully saturated rings. The van der Waals surface area contributed by atoms with Crippen LogP contribution in [0, 0.1) is 6.92 Å². The summed E-state index contributed by atoms with van der Waals surface area (Å²) in [4.78, 5) is 7.66. The van der Waals surface area contributed by atoms with Gasteiger partial charge >= 0.3 is 0 Å². The van der Waals surface area contributed by atoms with Crippen LogP contribution in [-0.4, -0.2) is 23.5 Å². The number of hydrogen-bond donors (Lipinski definition) is 1. The molecule has 0 saturated heterocycles. The highest BCUT2D eigenvalue weighted by molar-refractivity contribution is 7.09. The maximum Gasteiger partial charge on any atom is 0.0798 e. The Hall–Kier alpha value is -0.650. The Labute approximate surface area is 133 Å². The lowest BCUT2D eigenvalue weighted by Crippen LogP contribution is -2.30. The number of halogens is 2. The minimum Gasteiger partial charge on any atom is -0.329 e. The van der Waals surface area contributed by atoms with Crippen molar-refractivity contribution in [1.82, 2.24) is 9.88 Å². The summed E-state index contributed by atoms with van der Waals surface area (Å²) >= 11 is 14.2. The Kier molecular flexibility index (Phi) is 5.41. The molecule has 0 spiro atoms. The fourth-order valence-corrected chi connectivity index (χ4v) is 3.65. The van der Waals surface area contributed by atoms with E-state index in [-0.39, 0.29) is 6.04 Å². The monoisotopic (exact) mass is 329 g/mol. The Bertz CT molecular complexity index is 565. The first-order valence-electron chi connectivity index (χ1n) is 6.27. The van der Waals surface area contributed by atoms with E-state index in [0.717, 1.165) is 17.8 Å². The van der Waals surface area contributed by atoms with Gasteiger partial charge in [-0.15, -0.1) is 11.3 Å². The molecule has 2 rings (SSSR count). The maximum atomic E-state index is 6.28. The van der Waals surface area contributed by atoms with Crippen LogP contribution in [0.5, 0.6) is 0 Å². The SMILES string of the molecule is Cc1ncsc1CN(C)C(CN)c1c(Cl)cccc1Cl. The van der Waals surface area contributed by atoms with E-state index in [9.17, 15) is 0 Å².